The third kappa shape index (κ3) is 6.14. The molecule has 1 aromatic heterocycles. The topological polar surface area (TPSA) is 89.4 Å². The largest absolute Gasteiger partial charge is 0.497 e. The number of aromatic nitrogens is 3. The third-order valence-electron chi connectivity index (χ3n) is 7.01. The lowest BCUT2D eigenvalue weighted by Gasteiger charge is -2.37. The molecule has 0 unspecified atom stereocenters. The SMILES string of the molecule is COc1ccc(NC(=O)[C@@H]([C@H]2CC=CCC2)N(Cc2ccc(F)cc2)C(=O)Cn2nnc3ccccc32)cc1. The Hall–Kier alpha value is -4.53. The maximum absolute atomic E-state index is 14.0. The van der Waals surface area contributed by atoms with Crippen LogP contribution in [0.2, 0.25) is 0 Å². The van der Waals surface area contributed by atoms with Crippen molar-refractivity contribution in [3.63, 3.8) is 0 Å². The second-order valence-corrected chi connectivity index (χ2v) is 9.59. The van der Waals surface area contributed by atoms with Crippen molar-refractivity contribution < 1.29 is 18.7 Å². The van der Waals surface area contributed by atoms with Gasteiger partial charge >= 0.3 is 0 Å². The van der Waals surface area contributed by atoms with Crippen LogP contribution in [0.1, 0.15) is 24.8 Å². The Kier molecular flexibility index (Phi) is 7.96. The van der Waals surface area contributed by atoms with Crippen LogP contribution in [0.5, 0.6) is 5.75 Å². The first-order valence-corrected chi connectivity index (χ1v) is 12.9. The molecule has 3 aromatic carbocycles. The molecule has 1 heterocycles. The Balaban J connectivity index is 1.49. The number of methoxy groups -OCH3 is 1. The average Bonchev–Trinajstić information content (AvgIpc) is 3.37. The number of benzene rings is 3. The molecule has 2 amide bonds. The molecule has 5 rings (SSSR count). The highest BCUT2D eigenvalue weighted by molar-refractivity contribution is 5.97. The number of anilines is 1. The van der Waals surface area contributed by atoms with E-state index in [1.807, 2.05) is 24.3 Å². The van der Waals surface area contributed by atoms with Gasteiger partial charge in [-0.1, -0.05) is 41.6 Å². The molecular formula is C30H30FN5O3. The minimum atomic E-state index is -0.760. The van der Waals surface area contributed by atoms with Crippen molar-refractivity contribution in [3.05, 3.63) is 96.3 Å². The highest BCUT2D eigenvalue weighted by atomic mass is 19.1. The average molecular weight is 528 g/mol. The lowest BCUT2D eigenvalue weighted by Crippen LogP contribution is -2.52. The van der Waals surface area contributed by atoms with Gasteiger partial charge in [-0.3, -0.25) is 9.59 Å². The van der Waals surface area contributed by atoms with Crippen LogP contribution >= 0.6 is 0 Å². The van der Waals surface area contributed by atoms with E-state index in [2.05, 4.69) is 27.8 Å². The summed E-state index contributed by atoms with van der Waals surface area (Å²) in [7, 11) is 1.58. The van der Waals surface area contributed by atoms with Crippen molar-refractivity contribution in [1.82, 2.24) is 19.9 Å². The van der Waals surface area contributed by atoms with E-state index in [1.54, 1.807) is 53.1 Å². The van der Waals surface area contributed by atoms with E-state index in [9.17, 15) is 14.0 Å². The number of allylic oxidation sites excluding steroid dienone is 2. The molecule has 9 heteroatoms. The summed E-state index contributed by atoms with van der Waals surface area (Å²) in [6, 6.07) is 19.7. The number of ether oxygens (including phenoxy) is 1. The lowest BCUT2D eigenvalue weighted by molar-refractivity contribution is -0.142. The molecule has 0 saturated heterocycles. The van der Waals surface area contributed by atoms with Crippen molar-refractivity contribution in [2.24, 2.45) is 5.92 Å². The van der Waals surface area contributed by atoms with E-state index in [0.717, 1.165) is 23.9 Å². The van der Waals surface area contributed by atoms with Crippen LogP contribution < -0.4 is 10.1 Å². The van der Waals surface area contributed by atoms with Crippen LogP contribution in [0.3, 0.4) is 0 Å². The predicted molar refractivity (Wildman–Crippen MR) is 146 cm³/mol. The van der Waals surface area contributed by atoms with Gasteiger partial charge in [-0.25, -0.2) is 9.07 Å². The van der Waals surface area contributed by atoms with Gasteiger partial charge in [0.1, 0.15) is 29.7 Å². The fourth-order valence-corrected chi connectivity index (χ4v) is 4.99. The first-order valence-electron chi connectivity index (χ1n) is 12.9. The normalized spacial score (nSPS) is 15.6. The summed E-state index contributed by atoms with van der Waals surface area (Å²) in [6.45, 7) is 0.0588. The van der Waals surface area contributed by atoms with Crippen molar-refractivity contribution in [2.45, 2.75) is 38.4 Å². The predicted octanol–water partition coefficient (Wildman–Crippen LogP) is 4.97. The van der Waals surface area contributed by atoms with Gasteiger partial charge in [-0.15, -0.1) is 5.10 Å². The molecule has 200 valence electrons. The number of hydrogen-bond acceptors (Lipinski definition) is 5. The van der Waals surface area contributed by atoms with Gasteiger partial charge < -0.3 is 15.0 Å². The van der Waals surface area contributed by atoms with Gasteiger partial charge in [0.25, 0.3) is 0 Å². The highest BCUT2D eigenvalue weighted by Crippen LogP contribution is 2.29. The number of nitrogens with one attached hydrogen (secondary N) is 1. The number of fused-ring (bicyclic) bond motifs is 1. The summed E-state index contributed by atoms with van der Waals surface area (Å²) in [6.07, 6.45) is 6.41. The van der Waals surface area contributed by atoms with Crippen LogP contribution in [0.4, 0.5) is 10.1 Å². The molecule has 8 nitrogen and oxygen atoms in total. The summed E-state index contributed by atoms with van der Waals surface area (Å²) in [4.78, 5) is 29.5. The quantitative estimate of drug-likeness (QED) is 0.311. The highest BCUT2D eigenvalue weighted by Gasteiger charge is 2.37. The van der Waals surface area contributed by atoms with E-state index in [0.29, 0.717) is 23.4 Å². The lowest BCUT2D eigenvalue weighted by atomic mass is 9.85. The molecule has 1 aliphatic rings. The fourth-order valence-electron chi connectivity index (χ4n) is 4.99. The zero-order chi connectivity index (χ0) is 27.2. The Labute approximate surface area is 226 Å². The van der Waals surface area contributed by atoms with Crippen molar-refractivity contribution in [3.8, 4) is 5.75 Å². The van der Waals surface area contributed by atoms with Gasteiger partial charge in [0.05, 0.1) is 12.6 Å². The van der Waals surface area contributed by atoms with E-state index in [4.69, 9.17) is 4.74 Å². The maximum Gasteiger partial charge on any atom is 0.247 e. The van der Waals surface area contributed by atoms with E-state index >= 15 is 0 Å². The number of rotatable bonds is 9. The monoisotopic (exact) mass is 527 g/mol. The number of nitrogens with zero attached hydrogens (tertiary/aromatic N) is 4. The Morgan fingerprint density at radius 3 is 2.56 bits per heavy atom. The number of carbonyl (C=O) groups is 2. The first kappa shape index (κ1) is 26.1. The molecule has 1 aliphatic carbocycles. The molecule has 0 saturated carbocycles. The minimum absolute atomic E-state index is 0.0867. The second kappa shape index (κ2) is 11.9. The van der Waals surface area contributed by atoms with Gasteiger partial charge in [-0.2, -0.15) is 0 Å². The molecular weight excluding hydrogens is 497 g/mol. The molecule has 2 atom stereocenters. The summed E-state index contributed by atoms with van der Waals surface area (Å²) in [5.41, 5.74) is 2.74. The molecule has 4 aromatic rings. The Morgan fingerprint density at radius 2 is 1.85 bits per heavy atom. The van der Waals surface area contributed by atoms with Gasteiger partial charge in [0.15, 0.2) is 0 Å². The van der Waals surface area contributed by atoms with Crippen LogP contribution in [0.25, 0.3) is 11.0 Å². The van der Waals surface area contributed by atoms with Crippen LogP contribution in [0.15, 0.2) is 84.9 Å². The van der Waals surface area contributed by atoms with E-state index in [-0.39, 0.29) is 36.6 Å². The molecule has 0 fully saturated rings. The zero-order valence-corrected chi connectivity index (χ0v) is 21.7. The van der Waals surface area contributed by atoms with Crippen molar-refractivity contribution in [2.75, 3.05) is 12.4 Å². The molecule has 0 spiro atoms. The van der Waals surface area contributed by atoms with Gasteiger partial charge in [0.2, 0.25) is 11.8 Å². The van der Waals surface area contributed by atoms with Crippen LogP contribution in [0, 0.1) is 11.7 Å². The number of para-hydroxylation sites is 1. The summed E-state index contributed by atoms with van der Waals surface area (Å²) in [5.74, 6) is -0.337. The zero-order valence-electron chi connectivity index (χ0n) is 21.7. The second-order valence-electron chi connectivity index (χ2n) is 9.59. The minimum Gasteiger partial charge on any atom is -0.497 e. The van der Waals surface area contributed by atoms with Gasteiger partial charge in [0, 0.05) is 12.2 Å². The molecule has 1 N–H and O–H groups in total. The van der Waals surface area contributed by atoms with Gasteiger partial charge in [-0.05, 0) is 79.3 Å². The number of hydrogen-bond donors (Lipinski definition) is 1. The number of halogens is 1. The molecule has 0 aliphatic heterocycles. The fraction of sp³-hybridized carbons (Fsp3) is 0.267. The number of amides is 2. The molecule has 39 heavy (non-hydrogen) atoms. The first-order chi connectivity index (χ1) is 19.0. The molecule has 0 bridgehead atoms. The molecule has 0 radical (unpaired) electrons. The summed E-state index contributed by atoms with van der Waals surface area (Å²) >= 11 is 0. The third-order valence-corrected chi connectivity index (χ3v) is 7.01. The van der Waals surface area contributed by atoms with E-state index in [1.165, 1.54) is 12.1 Å². The van der Waals surface area contributed by atoms with Crippen molar-refractivity contribution >= 4 is 28.5 Å². The Morgan fingerprint density at radius 1 is 1.08 bits per heavy atom. The van der Waals surface area contributed by atoms with Crippen molar-refractivity contribution in [1.29, 1.82) is 0 Å². The Bertz CT molecular complexity index is 1470. The smallest absolute Gasteiger partial charge is 0.247 e. The summed E-state index contributed by atoms with van der Waals surface area (Å²) < 4.78 is 20.5. The standard InChI is InChI=1S/C30H30FN5O3/c1-39-25-17-15-24(16-18-25)32-30(38)29(22-7-3-2-4-8-22)35(19-21-11-13-23(31)14-12-21)28(37)20-36-27-10-6-5-9-26(27)33-34-36/h2-3,5-6,9-18,22,29H,4,7-8,19-20H2,1H3,(H,32,38)/t22-,29+/m0/s1. The van der Waals surface area contributed by atoms with E-state index < -0.39 is 6.04 Å². The number of carbonyl (C=O) groups excluding carboxylic acids is 2. The maximum atomic E-state index is 14.0. The summed E-state index contributed by atoms with van der Waals surface area (Å²) in [5, 5.41) is 11.4. The van der Waals surface area contributed by atoms with Crippen LogP contribution in [-0.2, 0) is 22.7 Å². The van der Waals surface area contributed by atoms with Crippen LogP contribution in [-0.4, -0.2) is 44.9 Å².